The van der Waals surface area contributed by atoms with Crippen LogP contribution in [0.3, 0.4) is 0 Å². The van der Waals surface area contributed by atoms with Crippen molar-refractivity contribution < 1.29 is 38.6 Å². The van der Waals surface area contributed by atoms with Gasteiger partial charge < -0.3 is 36.3 Å². The second kappa shape index (κ2) is 14.8. The van der Waals surface area contributed by atoms with Crippen LogP contribution < -0.4 is 21.7 Å². The molecule has 0 aliphatic heterocycles. The largest absolute Gasteiger partial charge is 0.480 e. The lowest BCUT2D eigenvalue weighted by Gasteiger charge is -2.22. The number of ether oxygens (including phenoxy) is 2. The highest BCUT2D eigenvalue weighted by Crippen LogP contribution is 2.05. The summed E-state index contributed by atoms with van der Waals surface area (Å²) in [6.45, 7) is 0.246. The van der Waals surface area contributed by atoms with E-state index in [-0.39, 0.29) is 19.6 Å². The number of benzene rings is 2. The molecule has 0 aromatic heterocycles. The van der Waals surface area contributed by atoms with Gasteiger partial charge in [-0.25, -0.2) is 14.4 Å². The normalized spacial score (nSPS) is 12.8. The van der Waals surface area contributed by atoms with E-state index in [1.165, 1.54) is 6.92 Å². The maximum Gasteiger partial charge on any atom is 0.408 e. The highest BCUT2D eigenvalue weighted by molar-refractivity contribution is 5.91. The van der Waals surface area contributed by atoms with E-state index in [0.717, 1.165) is 11.1 Å². The van der Waals surface area contributed by atoms with E-state index in [1.807, 2.05) is 6.07 Å². The first-order chi connectivity index (χ1) is 17.7. The van der Waals surface area contributed by atoms with Gasteiger partial charge in [0.2, 0.25) is 11.8 Å². The van der Waals surface area contributed by atoms with Crippen molar-refractivity contribution in [3.63, 3.8) is 0 Å². The standard InChI is InChI=1S/C25H30N4O8/c1-16(27-25(35)37-14-18-10-6-3-7-11-18)24(34)36-15-20(23(32)33)29-22(31)19(28-21(30)13-26)12-17-8-4-2-5-9-17/h2-11,16,19-20H,12-15,26H2,1H3,(H,27,35)(H,28,30)(H,29,31)(H,32,33)/t16-,19-,20-/m0/s1. The molecule has 0 aliphatic carbocycles. The second-order valence-electron chi connectivity index (χ2n) is 7.97. The van der Waals surface area contributed by atoms with Gasteiger partial charge in [0.25, 0.3) is 0 Å². The minimum atomic E-state index is -1.61. The molecule has 3 atom stereocenters. The van der Waals surface area contributed by atoms with Gasteiger partial charge in [0.05, 0.1) is 6.54 Å². The van der Waals surface area contributed by atoms with E-state index in [4.69, 9.17) is 15.2 Å². The molecule has 0 spiro atoms. The van der Waals surface area contributed by atoms with Crippen molar-refractivity contribution in [1.29, 1.82) is 0 Å². The molecular formula is C25H30N4O8. The number of esters is 1. The van der Waals surface area contributed by atoms with Gasteiger partial charge in [0.1, 0.15) is 25.3 Å². The third-order valence-corrected chi connectivity index (χ3v) is 5.03. The van der Waals surface area contributed by atoms with E-state index in [0.29, 0.717) is 0 Å². The SMILES string of the molecule is C[C@H](NC(=O)OCc1ccccc1)C(=O)OC[C@H](NC(=O)[C@H](Cc1ccccc1)NC(=O)CN)C(=O)O. The molecule has 37 heavy (non-hydrogen) atoms. The number of carboxylic acids is 1. The fraction of sp³-hybridized carbons (Fsp3) is 0.320. The molecule has 0 bridgehead atoms. The Balaban J connectivity index is 1.90. The van der Waals surface area contributed by atoms with Crippen molar-refractivity contribution in [3.8, 4) is 0 Å². The number of carbonyl (C=O) groups is 5. The van der Waals surface area contributed by atoms with E-state index < -0.39 is 54.6 Å². The lowest BCUT2D eigenvalue weighted by molar-refractivity contribution is -0.151. The highest BCUT2D eigenvalue weighted by Gasteiger charge is 2.28. The van der Waals surface area contributed by atoms with Gasteiger partial charge in [0.15, 0.2) is 6.04 Å². The molecule has 0 unspecified atom stereocenters. The zero-order chi connectivity index (χ0) is 27.2. The molecule has 0 fully saturated rings. The molecule has 6 N–H and O–H groups in total. The van der Waals surface area contributed by atoms with Crippen LogP contribution in [0.2, 0.25) is 0 Å². The monoisotopic (exact) mass is 514 g/mol. The minimum absolute atomic E-state index is 0.00754. The van der Waals surface area contributed by atoms with Crippen LogP contribution in [-0.4, -0.2) is 66.2 Å². The number of amides is 3. The van der Waals surface area contributed by atoms with Gasteiger partial charge in [-0.3, -0.25) is 9.59 Å². The van der Waals surface area contributed by atoms with E-state index >= 15 is 0 Å². The van der Waals surface area contributed by atoms with Gasteiger partial charge in [-0.2, -0.15) is 0 Å². The Morgan fingerprint density at radius 1 is 0.838 bits per heavy atom. The number of carboxylic acid groups (broad SMARTS) is 1. The van der Waals surface area contributed by atoms with E-state index in [2.05, 4.69) is 16.0 Å². The molecular weight excluding hydrogens is 484 g/mol. The van der Waals surface area contributed by atoms with Crippen molar-refractivity contribution in [2.45, 2.75) is 38.1 Å². The van der Waals surface area contributed by atoms with Crippen LogP contribution in [-0.2, 0) is 41.7 Å². The number of nitrogens with one attached hydrogen (secondary N) is 3. The third kappa shape index (κ3) is 10.4. The Labute approximate surface area is 213 Å². The van der Waals surface area contributed by atoms with E-state index in [9.17, 15) is 29.1 Å². The van der Waals surface area contributed by atoms with Crippen LogP contribution >= 0.6 is 0 Å². The zero-order valence-corrected chi connectivity index (χ0v) is 20.2. The summed E-state index contributed by atoms with van der Waals surface area (Å²) >= 11 is 0. The Morgan fingerprint density at radius 2 is 1.43 bits per heavy atom. The van der Waals surface area contributed by atoms with Gasteiger partial charge in [-0.15, -0.1) is 0 Å². The Kier molecular flexibility index (Phi) is 11.5. The third-order valence-electron chi connectivity index (χ3n) is 5.03. The number of nitrogens with two attached hydrogens (primary N) is 1. The first-order valence-corrected chi connectivity index (χ1v) is 11.4. The molecule has 0 saturated carbocycles. The fourth-order valence-corrected chi connectivity index (χ4v) is 3.05. The van der Waals surface area contributed by atoms with E-state index in [1.54, 1.807) is 54.6 Å². The average molecular weight is 515 g/mol. The molecule has 0 saturated heterocycles. The molecule has 198 valence electrons. The van der Waals surface area contributed by atoms with Crippen molar-refractivity contribution >= 4 is 29.8 Å². The second-order valence-corrected chi connectivity index (χ2v) is 7.97. The first-order valence-electron chi connectivity index (χ1n) is 11.4. The smallest absolute Gasteiger partial charge is 0.408 e. The Bertz CT molecular complexity index is 1060. The van der Waals surface area contributed by atoms with Crippen molar-refractivity contribution in [1.82, 2.24) is 16.0 Å². The molecule has 12 heteroatoms. The van der Waals surface area contributed by atoms with Crippen LogP contribution in [0.15, 0.2) is 60.7 Å². The number of hydrogen-bond donors (Lipinski definition) is 5. The summed E-state index contributed by atoms with van der Waals surface area (Å²) in [5.74, 6) is -3.81. The van der Waals surface area contributed by atoms with Gasteiger partial charge in [-0.1, -0.05) is 60.7 Å². The maximum atomic E-state index is 12.8. The maximum absolute atomic E-state index is 12.8. The summed E-state index contributed by atoms with van der Waals surface area (Å²) in [6, 6.07) is 13.8. The summed E-state index contributed by atoms with van der Waals surface area (Å²) < 4.78 is 10.0. The lowest BCUT2D eigenvalue weighted by Crippen LogP contribution is -2.54. The van der Waals surface area contributed by atoms with Crippen LogP contribution in [0.25, 0.3) is 0 Å². The quantitative estimate of drug-likeness (QED) is 0.231. The Hall–Kier alpha value is -4.45. The molecule has 2 aromatic carbocycles. The molecule has 0 radical (unpaired) electrons. The molecule has 2 rings (SSSR count). The van der Waals surface area contributed by atoms with Gasteiger partial charge >= 0.3 is 18.0 Å². The highest BCUT2D eigenvalue weighted by atomic mass is 16.6. The average Bonchev–Trinajstić information content (AvgIpc) is 2.89. The number of aliphatic carboxylic acids is 1. The van der Waals surface area contributed by atoms with Crippen molar-refractivity contribution in [3.05, 3.63) is 71.8 Å². The number of carbonyl (C=O) groups excluding carboxylic acids is 4. The molecule has 12 nitrogen and oxygen atoms in total. The topological polar surface area (TPSA) is 186 Å². The molecule has 3 amide bonds. The van der Waals surface area contributed by atoms with Gasteiger partial charge in [-0.05, 0) is 18.1 Å². The summed E-state index contributed by atoms with van der Waals surface area (Å²) in [5, 5.41) is 16.5. The van der Waals surface area contributed by atoms with Crippen LogP contribution in [0.1, 0.15) is 18.1 Å². The molecule has 0 aliphatic rings. The predicted octanol–water partition coefficient (Wildman–Crippen LogP) is 0.100. The number of alkyl carbamates (subject to hydrolysis) is 1. The first kappa shape index (κ1) is 28.8. The number of hydrogen-bond acceptors (Lipinski definition) is 8. The van der Waals surface area contributed by atoms with Gasteiger partial charge in [0, 0.05) is 6.42 Å². The van der Waals surface area contributed by atoms with Crippen LogP contribution in [0.4, 0.5) is 4.79 Å². The zero-order valence-electron chi connectivity index (χ0n) is 20.2. The minimum Gasteiger partial charge on any atom is -0.480 e. The van der Waals surface area contributed by atoms with Crippen LogP contribution in [0, 0.1) is 0 Å². The fourth-order valence-electron chi connectivity index (χ4n) is 3.05. The van der Waals surface area contributed by atoms with Crippen molar-refractivity contribution in [2.75, 3.05) is 13.2 Å². The number of rotatable bonds is 13. The lowest BCUT2D eigenvalue weighted by atomic mass is 10.0. The summed E-state index contributed by atoms with van der Waals surface area (Å²) in [7, 11) is 0. The van der Waals surface area contributed by atoms with Crippen LogP contribution in [0.5, 0.6) is 0 Å². The summed E-state index contributed by atoms with van der Waals surface area (Å²) in [5.41, 5.74) is 6.79. The van der Waals surface area contributed by atoms with Crippen molar-refractivity contribution in [2.24, 2.45) is 5.73 Å². The summed E-state index contributed by atoms with van der Waals surface area (Å²) in [4.78, 5) is 60.4. The molecule has 2 aromatic rings. The Morgan fingerprint density at radius 3 is 2.00 bits per heavy atom. The predicted molar refractivity (Wildman–Crippen MR) is 131 cm³/mol. The summed E-state index contributed by atoms with van der Waals surface area (Å²) in [6.07, 6.45) is -0.785. The molecule has 0 heterocycles.